The molecule has 0 amide bonds. The number of aryl methyl sites for hydroxylation is 3. The molecular weight excluding hydrogens is 581 g/mol. The molecule has 11 heteroatoms. The lowest BCUT2D eigenvalue weighted by molar-refractivity contribution is -0.109. The first-order valence-corrected chi connectivity index (χ1v) is 15.8. The maximum absolute atomic E-state index is 13.7. The fourth-order valence-electron chi connectivity index (χ4n) is 5.52. The fraction of sp³-hybridized carbons (Fsp3) is 0.242. The SMILES string of the molecule is CCCC(/C=C/S(=O)(=O)c1ccccc1)NC(C=O)c1c(C)[nH]c(=O)c2c1ccc1nc(Nc3ccc(F)cc3C)n(C)c12. The summed E-state index contributed by atoms with van der Waals surface area (Å²) in [7, 11) is -1.90. The van der Waals surface area contributed by atoms with Crippen LogP contribution in [0.4, 0.5) is 16.0 Å². The zero-order chi connectivity index (χ0) is 31.6. The van der Waals surface area contributed by atoms with Crippen LogP contribution < -0.4 is 16.2 Å². The highest BCUT2D eigenvalue weighted by Gasteiger charge is 2.24. The molecule has 0 spiro atoms. The molecule has 0 saturated carbocycles. The minimum atomic E-state index is -3.67. The highest BCUT2D eigenvalue weighted by atomic mass is 32.2. The number of nitrogens with zero attached hydrogens (tertiary/aromatic N) is 2. The van der Waals surface area contributed by atoms with E-state index >= 15 is 0 Å². The Balaban J connectivity index is 1.56. The second-order valence-electron chi connectivity index (χ2n) is 10.8. The smallest absolute Gasteiger partial charge is 0.258 e. The van der Waals surface area contributed by atoms with Crippen molar-refractivity contribution < 1.29 is 17.6 Å². The summed E-state index contributed by atoms with van der Waals surface area (Å²) in [6.07, 6.45) is 3.65. The zero-order valence-corrected chi connectivity index (χ0v) is 25.7. The molecule has 2 atom stereocenters. The summed E-state index contributed by atoms with van der Waals surface area (Å²) in [5.74, 6) is 0.118. The topological polar surface area (TPSA) is 126 Å². The van der Waals surface area contributed by atoms with Crippen molar-refractivity contribution in [3.63, 3.8) is 0 Å². The van der Waals surface area contributed by atoms with Crippen molar-refractivity contribution in [2.45, 2.75) is 50.6 Å². The van der Waals surface area contributed by atoms with Gasteiger partial charge in [0.05, 0.1) is 27.4 Å². The van der Waals surface area contributed by atoms with E-state index in [1.54, 1.807) is 67.9 Å². The summed E-state index contributed by atoms with van der Waals surface area (Å²) in [5, 5.41) is 8.64. The number of anilines is 2. The van der Waals surface area contributed by atoms with Gasteiger partial charge in [0, 0.05) is 35.4 Å². The molecule has 0 bridgehead atoms. The van der Waals surface area contributed by atoms with Gasteiger partial charge in [0.15, 0.2) is 9.84 Å². The molecule has 0 aliphatic rings. The fourth-order valence-corrected chi connectivity index (χ4v) is 6.61. The van der Waals surface area contributed by atoms with Gasteiger partial charge in [-0.05, 0) is 67.6 Å². The summed E-state index contributed by atoms with van der Waals surface area (Å²) in [5.41, 5.74) is 3.28. The van der Waals surface area contributed by atoms with E-state index in [1.165, 1.54) is 29.7 Å². The number of pyridine rings is 1. The van der Waals surface area contributed by atoms with Crippen LogP contribution in [0, 0.1) is 19.7 Å². The van der Waals surface area contributed by atoms with Crippen LogP contribution in [0.2, 0.25) is 0 Å². The van der Waals surface area contributed by atoms with Crippen molar-refractivity contribution in [1.82, 2.24) is 19.9 Å². The molecule has 5 aromatic rings. The number of aromatic nitrogens is 3. The van der Waals surface area contributed by atoms with Crippen molar-refractivity contribution in [3.8, 4) is 0 Å². The Morgan fingerprint density at radius 2 is 1.84 bits per heavy atom. The third kappa shape index (κ3) is 6.06. The van der Waals surface area contributed by atoms with Crippen molar-refractivity contribution in [3.05, 3.63) is 105 Å². The number of nitrogens with one attached hydrogen (secondary N) is 3. The monoisotopic (exact) mass is 615 g/mol. The highest BCUT2D eigenvalue weighted by Crippen LogP contribution is 2.32. The van der Waals surface area contributed by atoms with Gasteiger partial charge >= 0.3 is 0 Å². The maximum atomic E-state index is 13.7. The maximum Gasteiger partial charge on any atom is 0.258 e. The number of carbonyl (C=O) groups is 1. The average Bonchev–Trinajstić information content (AvgIpc) is 3.31. The first-order chi connectivity index (χ1) is 21.0. The number of carbonyl (C=O) groups excluding carboxylic acids is 1. The third-order valence-corrected chi connectivity index (χ3v) is 9.14. The van der Waals surface area contributed by atoms with Gasteiger partial charge in [-0.3, -0.25) is 10.1 Å². The number of halogens is 1. The van der Waals surface area contributed by atoms with Crippen LogP contribution in [-0.2, 0) is 21.7 Å². The minimum Gasteiger partial charge on any atom is -0.326 e. The number of hydrogen-bond donors (Lipinski definition) is 3. The van der Waals surface area contributed by atoms with Crippen molar-refractivity contribution in [2.75, 3.05) is 5.32 Å². The van der Waals surface area contributed by atoms with E-state index in [1.807, 2.05) is 6.92 Å². The van der Waals surface area contributed by atoms with E-state index in [2.05, 4.69) is 20.6 Å². The summed E-state index contributed by atoms with van der Waals surface area (Å²) in [4.78, 5) is 33.8. The van der Waals surface area contributed by atoms with E-state index in [0.29, 0.717) is 56.7 Å². The van der Waals surface area contributed by atoms with E-state index < -0.39 is 21.9 Å². The molecule has 44 heavy (non-hydrogen) atoms. The molecule has 0 fully saturated rings. The predicted molar refractivity (Wildman–Crippen MR) is 171 cm³/mol. The molecule has 0 aliphatic carbocycles. The normalized spacial score (nSPS) is 13.5. The van der Waals surface area contributed by atoms with Crippen LogP contribution in [0.1, 0.15) is 42.6 Å². The van der Waals surface area contributed by atoms with Gasteiger partial charge in [-0.15, -0.1) is 0 Å². The number of rotatable bonds is 11. The number of aldehydes is 1. The minimum absolute atomic E-state index is 0.185. The van der Waals surface area contributed by atoms with Gasteiger partial charge in [0.2, 0.25) is 5.95 Å². The lowest BCUT2D eigenvalue weighted by Crippen LogP contribution is -2.33. The van der Waals surface area contributed by atoms with Crippen LogP contribution in [-0.4, -0.2) is 35.3 Å². The summed E-state index contributed by atoms with van der Waals surface area (Å²) in [6.45, 7) is 5.49. The van der Waals surface area contributed by atoms with E-state index in [-0.39, 0.29) is 16.3 Å². The number of H-pyrrole nitrogens is 1. The molecule has 228 valence electrons. The molecule has 0 radical (unpaired) electrons. The second kappa shape index (κ2) is 12.6. The Morgan fingerprint density at radius 1 is 1.09 bits per heavy atom. The molecule has 2 aromatic heterocycles. The summed E-state index contributed by atoms with van der Waals surface area (Å²) in [6, 6.07) is 14.8. The number of hydrogen-bond acceptors (Lipinski definition) is 7. The van der Waals surface area contributed by atoms with Crippen LogP contribution in [0.3, 0.4) is 0 Å². The third-order valence-electron chi connectivity index (χ3n) is 7.70. The molecular formula is C33H34FN5O4S. The summed E-state index contributed by atoms with van der Waals surface area (Å²) < 4.78 is 41.2. The molecule has 2 unspecified atom stereocenters. The number of benzene rings is 3. The standard InChI is InChI=1S/C33H34FN5O4S/c1-5-9-23(16-17-44(42,43)24-10-7-6-8-11-24)36-28(19-40)29-21(3)35-32(41)30-25(29)13-15-27-31(30)39(4)33(38-27)37-26-14-12-22(34)18-20(26)2/h6-8,10-19,23,28,36H,5,9H2,1-4H3,(H,35,41)(H,37,38)/b17-16+. The molecule has 5 rings (SSSR count). The molecule has 0 aliphatic heterocycles. The Bertz CT molecular complexity index is 2050. The first kappa shape index (κ1) is 30.8. The van der Waals surface area contributed by atoms with Gasteiger partial charge in [0.25, 0.3) is 5.56 Å². The highest BCUT2D eigenvalue weighted by molar-refractivity contribution is 7.94. The van der Waals surface area contributed by atoms with Crippen molar-refractivity contribution >= 4 is 49.6 Å². The van der Waals surface area contributed by atoms with Crippen LogP contribution in [0.5, 0.6) is 0 Å². The Labute approximate surface area is 254 Å². The molecule has 2 heterocycles. The van der Waals surface area contributed by atoms with Crippen LogP contribution in [0.25, 0.3) is 21.8 Å². The number of imidazole rings is 1. The molecule has 9 nitrogen and oxygen atoms in total. The molecule has 0 saturated heterocycles. The van der Waals surface area contributed by atoms with Crippen LogP contribution >= 0.6 is 0 Å². The number of sulfone groups is 1. The Hall–Kier alpha value is -4.61. The van der Waals surface area contributed by atoms with E-state index in [0.717, 1.165) is 12.7 Å². The molecule has 3 N–H and O–H groups in total. The van der Waals surface area contributed by atoms with Crippen molar-refractivity contribution in [1.29, 1.82) is 0 Å². The zero-order valence-electron chi connectivity index (χ0n) is 24.9. The van der Waals surface area contributed by atoms with Gasteiger partial charge in [-0.2, -0.15) is 0 Å². The predicted octanol–water partition coefficient (Wildman–Crippen LogP) is 5.90. The number of fused-ring (bicyclic) bond motifs is 3. The quantitative estimate of drug-likeness (QED) is 0.158. The van der Waals surface area contributed by atoms with Crippen LogP contribution in [0.15, 0.2) is 81.8 Å². The second-order valence-corrected chi connectivity index (χ2v) is 12.6. The number of aromatic amines is 1. The Kier molecular flexibility index (Phi) is 8.80. The Morgan fingerprint density at radius 3 is 2.52 bits per heavy atom. The van der Waals surface area contributed by atoms with E-state index in [9.17, 15) is 22.4 Å². The van der Waals surface area contributed by atoms with Gasteiger partial charge < -0.3 is 19.7 Å². The van der Waals surface area contributed by atoms with E-state index in [4.69, 9.17) is 0 Å². The largest absolute Gasteiger partial charge is 0.326 e. The first-order valence-electron chi connectivity index (χ1n) is 14.3. The van der Waals surface area contributed by atoms with Gasteiger partial charge in [-0.1, -0.05) is 43.7 Å². The molecule has 3 aromatic carbocycles. The van der Waals surface area contributed by atoms with Gasteiger partial charge in [-0.25, -0.2) is 17.8 Å². The van der Waals surface area contributed by atoms with Gasteiger partial charge in [0.1, 0.15) is 12.1 Å². The lowest BCUT2D eigenvalue weighted by atomic mass is 9.97. The average molecular weight is 616 g/mol. The lowest BCUT2D eigenvalue weighted by Gasteiger charge is -2.22. The summed E-state index contributed by atoms with van der Waals surface area (Å²) >= 11 is 0. The van der Waals surface area contributed by atoms with Crippen molar-refractivity contribution in [2.24, 2.45) is 7.05 Å².